The second-order valence-electron chi connectivity index (χ2n) is 5.12. The van der Waals surface area contributed by atoms with Gasteiger partial charge in [-0.05, 0) is 39.2 Å². The van der Waals surface area contributed by atoms with Gasteiger partial charge in [-0.1, -0.05) is 39.5 Å². The lowest BCUT2D eigenvalue weighted by atomic mass is 10.0. The average Bonchev–Trinajstić information content (AvgIpc) is 2.36. The van der Waals surface area contributed by atoms with Gasteiger partial charge in [0.05, 0.1) is 6.10 Å². The Morgan fingerprint density at radius 1 is 0.941 bits per heavy atom. The number of hydrogen-bond donors (Lipinski definition) is 1. The molecule has 0 aliphatic heterocycles. The first kappa shape index (κ1) is 16.9. The summed E-state index contributed by atoms with van der Waals surface area (Å²) < 4.78 is 5.32. The minimum absolute atomic E-state index is 0.400. The van der Waals surface area contributed by atoms with Gasteiger partial charge in [-0.2, -0.15) is 0 Å². The van der Waals surface area contributed by atoms with Crippen molar-refractivity contribution in [1.82, 2.24) is 5.32 Å². The molecule has 17 heavy (non-hydrogen) atoms. The summed E-state index contributed by atoms with van der Waals surface area (Å²) in [6, 6.07) is 0.699. The molecule has 0 amide bonds. The van der Waals surface area contributed by atoms with Crippen LogP contribution in [0.3, 0.4) is 0 Å². The van der Waals surface area contributed by atoms with Crippen molar-refractivity contribution < 1.29 is 4.74 Å². The number of ether oxygens (including phenoxy) is 1. The Bertz CT molecular complexity index is 150. The maximum Gasteiger partial charge on any atom is 0.0543 e. The van der Waals surface area contributed by atoms with Crippen molar-refractivity contribution in [3.8, 4) is 0 Å². The third kappa shape index (κ3) is 10.8. The third-order valence-corrected chi connectivity index (χ3v) is 3.41. The van der Waals surface area contributed by atoms with Gasteiger partial charge >= 0.3 is 0 Å². The number of nitrogens with one attached hydrogen (secondary N) is 1. The molecule has 0 saturated carbocycles. The molecule has 2 atom stereocenters. The second-order valence-corrected chi connectivity index (χ2v) is 5.12. The zero-order valence-electron chi connectivity index (χ0n) is 12.4. The van der Waals surface area contributed by atoms with E-state index in [1.807, 2.05) is 0 Å². The number of hydrogen-bond acceptors (Lipinski definition) is 2. The van der Waals surface area contributed by atoms with Crippen LogP contribution in [-0.2, 0) is 4.74 Å². The van der Waals surface area contributed by atoms with Crippen LogP contribution in [-0.4, -0.2) is 25.8 Å². The fourth-order valence-electron chi connectivity index (χ4n) is 2.07. The van der Waals surface area contributed by atoms with E-state index in [1.165, 1.54) is 51.4 Å². The first-order chi connectivity index (χ1) is 8.24. The van der Waals surface area contributed by atoms with Crippen LogP contribution in [0.1, 0.15) is 72.1 Å². The van der Waals surface area contributed by atoms with E-state index in [4.69, 9.17) is 4.74 Å². The van der Waals surface area contributed by atoms with Gasteiger partial charge in [0.15, 0.2) is 0 Å². The fraction of sp³-hybridized carbons (Fsp3) is 1.00. The van der Waals surface area contributed by atoms with Crippen LogP contribution in [0.2, 0.25) is 0 Å². The van der Waals surface area contributed by atoms with E-state index >= 15 is 0 Å². The monoisotopic (exact) mass is 243 g/mol. The Morgan fingerprint density at radius 2 is 1.71 bits per heavy atom. The molecule has 1 N–H and O–H groups in total. The first-order valence-corrected chi connectivity index (χ1v) is 7.50. The van der Waals surface area contributed by atoms with Crippen LogP contribution in [0.5, 0.6) is 0 Å². The predicted molar refractivity (Wildman–Crippen MR) is 76.5 cm³/mol. The van der Waals surface area contributed by atoms with Crippen molar-refractivity contribution in [2.24, 2.45) is 0 Å². The van der Waals surface area contributed by atoms with E-state index in [2.05, 4.69) is 26.1 Å². The van der Waals surface area contributed by atoms with Crippen LogP contribution in [0.4, 0.5) is 0 Å². The van der Waals surface area contributed by atoms with E-state index < -0.39 is 0 Å². The lowest BCUT2D eigenvalue weighted by molar-refractivity contribution is 0.105. The Morgan fingerprint density at radius 3 is 2.29 bits per heavy atom. The molecule has 2 heteroatoms. The SMILES string of the molecule is CCCCCCC(CCC(C)OC)NCCC. The maximum absolute atomic E-state index is 5.32. The smallest absolute Gasteiger partial charge is 0.0543 e. The molecule has 0 fully saturated rings. The van der Waals surface area contributed by atoms with Gasteiger partial charge in [-0.25, -0.2) is 0 Å². The largest absolute Gasteiger partial charge is 0.382 e. The zero-order valence-corrected chi connectivity index (χ0v) is 12.4. The van der Waals surface area contributed by atoms with Crippen molar-refractivity contribution in [2.45, 2.75) is 84.3 Å². The fourth-order valence-corrected chi connectivity index (χ4v) is 2.07. The van der Waals surface area contributed by atoms with Crippen molar-refractivity contribution in [2.75, 3.05) is 13.7 Å². The minimum Gasteiger partial charge on any atom is -0.382 e. The van der Waals surface area contributed by atoms with Crippen molar-refractivity contribution in [3.63, 3.8) is 0 Å². The molecule has 0 aliphatic carbocycles. The highest BCUT2D eigenvalue weighted by molar-refractivity contribution is 4.68. The highest BCUT2D eigenvalue weighted by atomic mass is 16.5. The lowest BCUT2D eigenvalue weighted by Gasteiger charge is -2.20. The van der Waals surface area contributed by atoms with E-state index in [0.29, 0.717) is 12.1 Å². The summed E-state index contributed by atoms with van der Waals surface area (Å²) in [5, 5.41) is 3.67. The summed E-state index contributed by atoms with van der Waals surface area (Å²) in [6.45, 7) is 7.82. The van der Waals surface area contributed by atoms with Gasteiger partial charge in [-0.3, -0.25) is 0 Å². The van der Waals surface area contributed by atoms with E-state index in [9.17, 15) is 0 Å². The van der Waals surface area contributed by atoms with E-state index in [-0.39, 0.29) is 0 Å². The molecule has 0 spiro atoms. The van der Waals surface area contributed by atoms with Gasteiger partial charge in [-0.15, -0.1) is 0 Å². The molecule has 0 aromatic rings. The molecule has 0 radical (unpaired) electrons. The molecule has 2 nitrogen and oxygen atoms in total. The molecular weight excluding hydrogens is 210 g/mol. The summed E-state index contributed by atoms with van der Waals surface area (Å²) in [5.41, 5.74) is 0. The molecular formula is C15H33NO. The van der Waals surface area contributed by atoms with Crippen LogP contribution < -0.4 is 5.32 Å². The summed E-state index contributed by atoms with van der Waals surface area (Å²) in [6.07, 6.45) is 10.9. The molecule has 0 saturated heterocycles. The molecule has 104 valence electrons. The van der Waals surface area contributed by atoms with Crippen LogP contribution in [0, 0.1) is 0 Å². The number of rotatable bonds is 12. The van der Waals surface area contributed by atoms with Crippen LogP contribution >= 0.6 is 0 Å². The quantitative estimate of drug-likeness (QED) is 0.520. The van der Waals surface area contributed by atoms with Crippen LogP contribution in [0.15, 0.2) is 0 Å². The standard InChI is InChI=1S/C15H33NO/c1-5-7-8-9-10-15(16-13-6-2)12-11-14(3)17-4/h14-16H,5-13H2,1-4H3. The van der Waals surface area contributed by atoms with Crippen molar-refractivity contribution in [3.05, 3.63) is 0 Å². The van der Waals surface area contributed by atoms with Gasteiger partial charge < -0.3 is 10.1 Å². The summed E-state index contributed by atoms with van der Waals surface area (Å²) >= 11 is 0. The number of unbranched alkanes of at least 4 members (excludes halogenated alkanes) is 3. The Hall–Kier alpha value is -0.0800. The summed E-state index contributed by atoms with van der Waals surface area (Å²) in [7, 11) is 1.81. The number of methoxy groups -OCH3 is 1. The molecule has 0 heterocycles. The Kier molecular flexibility index (Phi) is 12.3. The summed E-state index contributed by atoms with van der Waals surface area (Å²) in [5.74, 6) is 0. The van der Waals surface area contributed by atoms with E-state index in [1.54, 1.807) is 7.11 Å². The normalized spacial score (nSPS) is 14.8. The minimum atomic E-state index is 0.400. The van der Waals surface area contributed by atoms with Crippen molar-refractivity contribution in [1.29, 1.82) is 0 Å². The maximum atomic E-state index is 5.32. The molecule has 0 aromatic carbocycles. The summed E-state index contributed by atoms with van der Waals surface area (Å²) in [4.78, 5) is 0. The van der Waals surface area contributed by atoms with Crippen molar-refractivity contribution >= 4 is 0 Å². The van der Waals surface area contributed by atoms with Gasteiger partial charge in [0.1, 0.15) is 0 Å². The third-order valence-electron chi connectivity index (χ3n) is 3.41. The Balaban J connectivity index is 3.71. The van der Waals surface area contributed by atoms with Gasteiger partial charge in [0.25, 0.3) is 0 Å². The van der Waals surface area contributed by atoms with Gasteiger partial charge in [0, 0.05) is 13.2 Å². The van der Waals surface area contributed by atoms with Gasteiger partial charge in [0.2, 0.25) is 0 Å². The molecule has 0 aromatic heterocycles. The average molecular weight is 243 g/mol. The Labute approximate surface area is 109 Å². The molecule has 0 aliphatic rings. The second kappa shape index (κ2) is 12.4. The highest BCUT2D eigenvalue weighted by Gasteiger charge is 2.09. The topological polar surface area (TPSA) is 21.3 Å². The van der Waals surface area contributed by atoms with E-state index in [0.717, 1.165) is 6.54 Å². The van der Waals surface area contributed by atoms with Crippen LogP contribution in [0.25, 0.3) is 0 Å². The molecule has 0 rings (SSSR count). The lowest BCUT2D eigenvalue weighted by Crippen LogP contribution is -2.30. The predicted octanol–water partition coefficient (Wildman–Crippen LogP) is 4.14. The highest BCUT2D eigenvalue weighted by Crippen LogP contribution is 2.12. The molecule has 0 bridgehead atoms. The molecule has 2 unspecified atom stereocenters. The first-order valence-electron chi connectivity index (χ1n) is 7.50. The zero-order chi connectivity index (χ0) is 12.9.